The van der Waals surface area contributed by atoms with Crippen molar-refractivity contribution in [3.63, 3.8) is 0 Å². The Labute approximate surface area is 162 Å². The van der Waals surface area contributed by atoms with Crippen LogP contribution in [0.1, 0.15) is 26.2 Å². The summed E-state index contributed by atoms with van der Waals surface area (Å²) < 4.78 is 5.77. The van der Waals surface area contributed by atoms with E-state index >= 15 is 0 Å². The number of pyridine rings is 1. The number of carbonyl (C=O) groups is 3. The lowest BCUT2D eigenvalue weighted by Crippen LogP contribution is -2.50. The Morgan fingerprint density at radius 2 is 2.14 bits per heavy atom. The van der Waals surface area contributed by atoms with Crippen LogP contribution in [0.15, 0.2) is 36.5 Å². The van der Waals surface area contributed by atoms with Crippen molar-refractivity contribution in [2.45, 2.75) is 37.8 Å². The Morgan fingerprint density at radius 3 is 2.93 bits per heavy atom. The van der Waals surface area contributed by atoms with Gasteiger partial charge < -0.3 is 15.0 Å². The van der Waals surface area contributed by atoms with E-state index in [1.807, 2.05) is 24.3 Å². The SMILES string of the molecule is CC1(CC2CCCN2C(=O)COc2cccc3cccnc23)NC(=O)NC1=O. The third-order valence-corrected chi connectivity index (χ3v) is 5.41. The van der Waals surface area contributed by atoms with Gasteiger partial charge in [-0.1, -0.05) is 18.2 Å². The predicted molar refractivity (Wildman–Crippen MR) is 102 cm³/mol. The quantitative estimate of drug-likeness (QED) is 0.765. The van der Waals surface area contributed by atoms with E-state index in [2.05, 4.69) is 15.6 Å². The minimum Gasteiger partial charge on any atom is -0.481 e. The lowest BCUT2D eigenvalue weighted by molar-refractivity contribution is -0.135. The highest BCUT2D eigenvalue weighted by molar-refractivity contribution is 6.06. The summed E-state index contributed by atoms with van der Waals surface area (Å²) in [6, 6.07) is 8.79. The summed E-state index contributed by atoms with van der Waals surface area (Å²) in [6.45, 7) is 2.21. The lowest BCUT2D eigenvalue weighted by Gasteiger charge is -2.30. The molecule has 2 N–H and O–H groups in total. The van der Waals surface area contributed by atoms with Gasteiger partial charge in [-0.3, -0.25) is 19.9 Å². The van der Waals surface area contributed by atoms with Crippen molar-refractivity contribution in [2.24, 2.45) is 0 Å². The number of hydrogen-bond donors (Lipinski definition) is 2. The molecule has 1 aromatic heterocycles. The zero-order valence-corrected chi connectivity index (χ0v) is 15.6. The van der Waals surface area contributed by atoms with Crippen LogP contribution in [-0.4, -0.2) is 52.5 Å². The molecule has 2 aromatic rings. The van der Waals surface area contributed by atoms with Crippen LogP contribution in [0, 0.1) is 0 Å². The molecule has 2 atom stereocenters. The average Bonchev–Trinajstić information content (AvgIpc) is 3.23. The van der Waals surface area contributed by atoms with Gasteiger partial charge in [0.15, 0.2) is 6.61 Å². The number of aromatic nitrogens is 1. The van der Waals surface area contributed by atoms with Crippen molar-refractivity contribution in [3.05, 3.63) is 36.5 Å². The smallest absolute Gasteiger partial charge is 0.322 e. The number of para-hydroxylation sites is 1. The average molecular weight is 382 g/mol. The zero-order valence-electron chi connectivity index (χ0n) is 15.6. The number of nitrogens with zero attached hydrogens (tertiary/aromatic N) is 2. The van der Waals surface area contributed by atoms with E-state index in [0.717, 1.165) is 18.2 Å². The first-order valence-electron chi connectivity index (χ1n) is 9.36. The molecule has 8 heteroatoms. The topological polar surface area (TPSA) is 101 Å². The Kier molecular flexibility index (Phi) is 4.62. The second-order valence-corrected chi connectivity index (χ2v) is 7.45. The zero-order chi connectivity index (χ0) is 19.7. The van der Waals surface area contributed by atoms with Gasteiger partial charge in [-0.2, -0.15) is 0 Å². The number of urea groups is 1. The predicted octanol–water partition coefficient (Wildman–Crippen LogP) is 1.59. The van der Waals surface area contributed by atoms with Crippen LogP contribution in [0.4, 0.5) is 4.79 Å². The van der Waals surface area contributed by atoms with Crippen LogP contribution in [0.3, 0.4) is 0 Å². The largest absolute Gasteiger partial charge is 0.481 e. The van der Waals surface area contributed by atoms with Crippen LogP contribution < -0.4 is 15.4 Å². The van der Waals surface area contributed by atoms with E-state index in [1.165, 1.54) is 0 Å². The number of nitrogens with one attached hydrogen (secondary N) is 2. The van der Waals surface area contributed by atoms with E-state index < -0.39 is 11.6 Å². The fourth-order valence-electron chi connectivity index (χ4n) is 3.99. The number of fused-ring (bicyclic) bond motifs is 1. The maximum absolute atomic E-state index is 12.8. The van der Waals surface area contributed by atoms with Crippen LogP contribution >= 0.6 is 0 Å². The Morgan fingerprint density at radius 1 is 1.32 bits per heavy atom. The molecule has 0 spiro atoms. The van der Waals surface area contributed by atoms with Gasteiger partial charge in [-0.25, -0.2) is 4.79 Å². The van der Waals surface area contributed by atoms with E-state index in [-0.39, 0.29) is 24.5 Å². The van der Waals surface area contributed by atoms with Crippen LogP contribution in [0.5, 0.6) is 5.75 Å². The molecular weight excluding hydrogens is 360 g/mol. The highest BCUT2D eigenvalue weighted by Gasteiger charge is 2.45. The molecule has 4 rings (SSSR count). The molecule has 2 unspecified atom stereocenters. The molecule has 0 bridgehead atoms. The Bertz CT molecular complexity index is 941. The van der Waals surface area contributed by atoms with Gasteiger partial charge in [0.2, 0.25) is 0 Å². The summed E-state index contributed by atoms with van der Waals surface area (Å²) in [6.07, 6.45) is 3.72. The number of rotatable bonds is 5. The van der Waals surface area contributed by atoms with E-state index in [0.29, 0.717) is 24.2 Å². The second-order valence-electron chi connectivity index (χ2n) is 7.45. The van der Waals surface area contributed by atoms with Crippen molar-refractivity contribution in [1.82, 2.24) is 20.5 Å². The van der Waals surface area contributed by atoms with Gasteiger partial charge in [0.25, 0.3) is 11.8 Å². The van der Waals surface area contributed by atoms with Gasteiger partial charge in [-0.05, 0) is 38.3 Å². The maximum Gasteiger partial charge on any atom is 0.322 e. The van der Waals surface area contributed by atoms with Gasteiger partial charge in [0.1, 0.15) is 16.8 Å². The molecule has 28 heavy (non-hydrogen) atoms. The van der Waals surface area contributed by atoms with Gasteiger partial charge in [0, 0.05) is 24.2 Å². The van der Waals surface area contributed by atoms with Gasteiger partial charge in [0.05, 0.1) is 0 Å². The molecule has 1 aromatic carbocycles. The van der Waals surface area contributed by atoms with Crippen LogP contribution in [0.25, 0.3) is 10.9 Å². The third kappa shape index (κ3) is 3.37. The first-order valence-corrected chi connectivity index (χ1v) is 9.36. The van der Waals surface area contributed by atoms with Crippen molar-refractivity contribution in [1.29, 1.82) is 0 Å². The number of imide groups is 1. The van der Waals surface area contributed by atoms with Crippen LogP contribution in [0.2, 0.25) is 0 Å². The molecular formula is C20H22N4O4. The highest BCUT2D eigenvalue weighted by atomic mass is 16.5. The summed E-state index contributed by atoms with van der Waals surface area (Å²) in [5, 5.41) is 5.88. The summed E-state index contributed by atoms with van der Waals surface area (Å²) >= 11 is 0. The van der Waals surface area contributed by atoms with Crippen molar-refractivity contribution in [2.75, 3.05) is 13.2 Å². The van der Waals surface area contributed by atoms with E-state index in [1.54, 1.807) is 24.1 Å². The standard InChI is InChI=1S/C20H22N4O4/c1-20(18(26)22-19(27)23-20)11-14-7-4-10-24(14)16(25)12-28-15-8-2-5-13-6-3-9-21-17(13)15/h2-3,5-6,8-9,14H,4,7,10-12H2,1H3,(H2,22,23,26,27). The second kappa shape index (κ2) is 7.10. The summed E-state index contributed by atoms with van der Waals surface area (Å²) in [4.78, 5) is 42.4. The van der Waals surface area contributed by atoms with E-state index in [4.69, 9.17) is 4.74 Å². The fraction of sp³-hybridized carbons (Fsp3) is 0.400. The molecule has 3 heterocycles. The number of carbonyl (C=O) groups excluding carboxylic acids is 3. The number of benzene rings is 1. The van der Waals surface area contributed by atoms with Crippen molar-refractivity contribution >= 4 is 28.7 Å². The number of amides is 4. The van der Waals surface area contributed by atoms with Crippen molar-refractivity contribution < 1.29 is 19.1 Å². The summed E-state index contributed by atoms with van der Waals surface area (Å²) in [5.74, 6) is 0.0789. The molecule has 2 aliphatic heterocycles. The molecule has 8 nitrogen and oxygen atoms in total. The molecule has 0 aliphatic carbocycles. The molecule has 4 amide bonds. The van der Waals surface area contributed by atoms with Gasteiger partial charge in [-0.15, -0.1) is 0 Å². The molecule has 2 saturated heterocycles. The molecule has 0 radical (unpaired) electrons. The molecule has 2 fully saturated rings. The van der Waals surface area contributed by atoms with Gasteiger partial charge >= 0.3 is 6.03 Å². The summed E-state index contributed by atoms with van der Waals surface area (Å²) in [7, 11) is 0. The Hall–Kier alpha value is -3.16. The Balaban J connectivity index is 1.42. The fourth-order valence-corrected chi connectivity index (χ4v) is 3.99. The minimum atomic E-state index is -0.995. The van der Waals surface area contributed by atoms with E-state index in [9.17, 15) is 14.4 Å². The first-order chi connectivity index (χ1) is 13.5. The maximum atomic E-state index is 12.8. The first kappa shape index (κ1) is 18.2. The highest BCUT2D eigenvalue weighted by Crippen LogP contribution is 2.28. The number of hydrogen-bond acceptors (Lipinski definition) is 5. The van der Waals surface area contributed by atoms with Crippen LogP contribution in [-0.2, 0) is 9.59 Å². The van der Waals surface area contributed by atoms with Crippen molar-refractivity contribution in [3.8, 4) is 5.75 Å². The minimum absolute atomic E-state index is 0.0958. The monoisotopic (exact) mass is 382 g/mol. The molecule has 0 saturated carbocycles. The summed E-state index contributed by atoms with van der Waals surface area (Å²) in [5.41, 5.74) is -0.279. The normalized spacial score (nSPS) is 24.3. The molecule has 2 aliphatic rings. The third-order valence-electron chi connectivity index (χ3n) is 5.41. The molecule has 146 valence electrons. The lowest BCUT2D eigenvalue weighted by atomic mass is 9.92. The number of likely N-dealkylation sites (tertiary alicyclic amines) is 1. The number of ether oxygens (including phenoxy) is 1.